The van der Waals surface area contributed by atoms with Gasteiger partial charge in [0.1, 0.15) is 11.5 Å². The number of anilines is 1. The van der Waals surface area contributed by atoms with Gasteiger partial charge in [0, 0.05) is 12.0 Å². The molecule has 0 radical (unpaired) electrons. The highest BCUT2D eigenvalue weighted by atomic mass is 32.1. The van der Waals surface area contributed by atoms with E-state index in [4.69, 9.17) is 9.26 Å². The van der Waals surface area contributed by atoms with Crippen molar-refractivity contribution >= 4 is 32.6 Å². The number of aryl methyl sites for hydroxylation is 1. The first-order valence-electron chi connectivity index (χ1n) is 7.87. The zero-order valence-electron chi connectivity index (χ0n) is 13.5. The van der Waals surface area contributed by atoms with Crippen LogP contribution in [0.4, 0.5) is 5.13 Å². The monoisotopic (exact) mass is 343 g/mol. The number of carbonyl (C=O) groups is 1. The number of benzene rings is 1. The van der Waals surface area contributed by atoms with E-state index in [1.807, 2.05) is 18.2 Å². The van der Waals surface area contributed by atoms with Crippen molar-refractivity contribution in [2.24, 2.45) is 5.92 Å². The van der Waals surface area contributed by atoms with E-state index in [-0.39, 0.29) is 5.91 Å². The molecule has 0 saturated heterocycles. The molecule has 1 aliphatic carbocycles. The van der Waals surface area contributed by atoms with E-state index >= 15 is 0 Å². The summed E-state index contributed by atoms with van der Waals surface area (Å²) in [6.07, 6.45) is 2.75. The predicted molar refractivity (Wildman–Crippen MR) is 91.8 cm³/mol. The third-order valence-electron chi connectivity index (χ3n) is 4.32. The van der Waals surface area contributed by atoms with Gasteiger partial charge in [-0.25, -0.2) is 4.98 Å². The number of hydrogen-bond acceptors (Lipinski definition) is 6. The van der Waals surface area contributed by atoms with Crippen LogP contribution in [0.5, 0.6) is 5.75 Å². The van der Waals surface area contributed by atoms with Crippen molar-refractivity contribution in [3.8, 4) is 5.75 Å². The summed E-state index contributed by atoms with van der Waals surface area (Å²) >= 11 is 1.41. The van der Waals surface area contributed by atoms with Crippen LogP contribution in [0.1, 0.15) is 35.2 Å². The Kier molecular flexibility index (Phi) is 3.72. The molecule has 124 valence electrons. The zero-order chi connectivity index (χ0) is 16.7. The van der Waals surface area contributed by atoms with Gasteiger partial charge in [0.05, 0.1) is 17.3 Å². The molecule has 0 bridgehead atoms. The van der Waals surface area contributed by atoms with E-state index in [0.717, 1.165) is 46.6 Å². The Bertz CT molecular complexity index is 915. The van der Waals surface area contributed by atoms with E-state index in [2.05, 4.69) is 22.4 Å². The lowest BCUT2D eigenvalue weighted by Crippen LogP contribution is -2.17. The minimum atomic E-state index is -0.264. The Morgan fingerprint density at radius 2 is 2.33 bits per heavy atom. The SMILES string of the molecule is COc1ccc2nc(NC(=O)c3noc4c3C[C@H](C)CC4)sc2c1. The van der Waals surface area contributed by atoms with Crippen LogP contribution in [0.25, 0.3) is 10.2 Å². The van der Waals surface area contributed by atoms with Gasteiger partial charge in [-0.1, -0.05) is 23.4 Å². The Hall–Kier alpha value is -2.41. The lowest BCUT2D eigenvalue weighted by molar-refractivity contribution is 0.101. The van der Waals surface area contributed by atoms with Crippen LogP contribution in [0.2, 0.25) is 0 Å². The first kappa shape index (κ1) is 15.1. The minimum absolute atomic E-state index is 0.264. The van der Waals surface area contributed by atoms with E-state index in [1.165, 1.54) is 11.3 Å². The van der Waals surface area contributed by atoms with E-state index in [0.29, 0.717) is 16.7 Å². The van der Waals surface area contributed by atoms with Crippen molar-refractivity contribution in [3.05, 3.63) is 35.2 Å². The molecule has 1 aromatic carbocycles. The summed E-state index contributed by atoms with van der Waals surface area (Å²) in [5.41, 5.74) is 2.15. The lowest BCUT2D eigenvalue weighted by atomic mass is 9.88. The van der Waals surface area contributed by atoms with E-state index in [9.17, 15) is 4.79 Å². The molecule has 0 saturated carbocycles. The fourth-order valence-corrected chi connectivity index (χ4v) is 3.89. The van der Waals surface area contributed by atoms with Gasteiger partial charge < -0.3 is 9.26 Å². The standard InChI is InChI=1S/C17H17N3O3S/c1-9-3-6-13-11(7-9)15(20-23-13)16(21)19-17-18-12-5-4-10(22-2)8-14(12)24-17/h4-5,8-9H,3,6-7H2,1-2H3,(H,18,19,21)/t9-/m1/s1. The van der Waals surface area contributed by atoms with Crippen LogP contribution in [0, 0.1) is 5.92 Å². The molecule has 7 heteroatoms. The maximum absolute atomic E-state index is 12.6. The van der Waals surface area contributed by atoms with Crippen molar-refractivity contribution in [2.45, 2.75) is 26.2 Å². The van der Waals surface area contributed by atoms with Crippen LogP contribution in [-0.4, -0.2) is 23.2 Å². The van der Waals surface area contributed by atoms with E-state index < -0.39 is 0 Å². The van der Waals surface area contributed by atoms with Crippen LogP contribution in [0.3, 0.4) is 0 Å². The number of rotatable bonds is 3. The molecule has 1 N–H and O–H groups in total. The topological polar surface area (TPSA) is 77.2 Å². The molecule has 2 aromatic heterocycles. The minimum Gasteiger partial charge on any atom is -0.497 e. The third-order valence-corrected chi connectivity index (χ3v) is 5.25. The molecule has 0 spiro atoms. The number of nitrogens with one attached hydrogen (secondary N) is 1. The number of fused-ring (bicyclic) bond motifs is 2. The summed E-state index contributed by atoms with van der Waals surface area (Å²) in [5.74, 6) is 1.88. The van der Waals surface area contributed by atoms with Gasteiger partial charge >= 0.3 is 0 Å². The van der Waals surface area contributed by atoms with Crippen molar-refractivity contribution in [2.75, 3.05) is 12.4 Å². The number of amides is 1. The summed E-state index contributed by atoms with van der Waals surface area (Å²) in [6, 6.07) is 5.63. The highest BCUT2D eigenvalue weighted by Gasteiger charge is 2.27. The molecule has 3 aromatic rings. The second-order valence-electron chi connectivity index (χ2n) is 6.09. The molecule has 1 atom stereocenters. The van der Waals surface area contributed by atoms with Gasteiger partial charge in [0.2, 0.25) is 0 Å². The number of carbonyl (C=O) groups excluding carboxylic acids is 1. The summed E-state index contributed by atoms with van der Waals surface area (Å²) in [5, 5.41) is 7.37. The second-order valence-corrected chi connectivity index (χ2v) is 7.12. The number of nitrogens with zero attached hydrogens (tertiary/aromatic N) is 2. The molecule has 24 heavy (non-hydrogen) atoms. The first-order valence-corrected chi connectivity index (χ1v) is 8.69. The van der Waals surface area contributed by atoms with Gasteiger partial charge in [-0.3, -0.25) is 10.1 Å². The van der Waals surface area contributed by atoms with Crippen molar-refractivity contribution in [3.63, 3.8) is 0 Å². The van der Waals surface area contributed by atoms with Gasteiger partial charge in [-0.15, -0.1) is 0 Å². The second kappa shape index (κ2) is 5.90. The fraction of sp³-hybridized carbons (Fsp3) is 0.353. The lowest BCUT2D eigenvalue weighted by Gasteiger charge is -2.16. The van der Waals surface area contributed by atoms with Crippen LogP contribution >= 0.6 is 11.3 Å². The molecule has 6 nitrogen and oxygen atoms in total. The summed E-state index contributed by atoms with van der Waals surface area (Å²) < 4.78 is 11.5. The van der Waals surface area contributed by atoms with Crippen LogP contribution in [-0.2, 0) is 12.8 Å². The van der Waals surface area contributed by atoms with E-state index in [1.54, 1.807) is 7.11 Å². The maximum Gasteiger partial charge on any atom is 0.279 e. The molecule has 0 unspecified atom stereocenters. The van der Waals surface area contributed by atoms with Gasteiger partial charge in [-0.2, -0.15) is 0 Å². The van der Waals surface area contributed by atoms with Gasteiger partial charge in [-0.05, 0) is 37.0 Å². The highest BCUT2D eigenvalue weighted by molar-refractivity contribution is 7.22. The number of aromatic nitrogens is 2. The van der Waals surface area contributed by atoms with Crippen molar-refractivity contribution in [1.29, 1.82) is 0 Å². The van der Waals surface area contributed by atoms with Gasteiger partial charge in [0.25, 0.3) is 5.91 Å². The molecule has 0 aliphatic heterocycles. The molecule has 4 rings (SSSR count). The highest BCUT2D eigenvalue weighted by Crippen LogP contribution is 2.31. The summed E-state index contributed by atoms with van der Waals surface area (Å²) in [6.45, 7) is 2.18. The molecular weight excluding hydrogens is 326 g/mol. The quantitative estimate of drug-likeness (QED) is 0.785. The Labute approximate surface area is 142 Å². The number of hydrogen-bond donors (Lipinski definition) is 1. The number of ether oxygens (including phenoxy) is 1. The van der Waals surface area contributed by atoms with Crippen LogP contribution in [0.15, 0.2) is 22.7 Å². The summed E-state index contributed by atoms with van der Waals surface area (Å²) in [4.78, 5) is 17.0. The number of methoxy groups -OCH3 is 1. The first-order chi connectivity index (χ1) is 11.6. The molecular formula is C17H17N3O3S. The normalized spacial score (nSPS) is 16.8. The molecule has 2 heterocycles. The molecule has 0 fully saturated rings. The maximum atomic E-state index is 12.6. The average Bonchev–Trinajstić information content (AvgIpc) is 3.16. The fourth-order valence-electron chi connectivity index (χ4n) is 3.00. The van der Waals surface area contributed by atoms with Crippen molar-refractivity contribution < 1.29 is 14.1 Å². The van der Waals surface area contributed by atoms with Crippen LogP contribution < -0.4 is 10.1 Å². The Morgan fingerprint density at radius 1 is 1.46 bits per heavy atom. The Morgan fingerprint density at radius 3 is 3.17 bits per heavy atom. The Balaban J connectivity index is 1.59. The summed E-state index contributed by atoms with van der Waals surface area (Å²) in [7, 11) is 1.62. The largest absolute Gasteiger partial charge is 0.497 e. The molecule has 1 aliphatic rings. The zero-order valence-corrected chi connectivity index (χ0v) is 14.3. The van der Waals surface area contributed by atoms with Gasteiger partial charge in [0.15, 0.2) is 10.8 Å². The predicted octanol–water partition coefficient (Wildman–Crippen LogP) is 3.67. The number of thiazole rings is 1. The smallest absolute Gasteiger partial charge is 0.279 e. The third kappa shape index (κ3) is 2.65. The molecule has 1 amide bonds. The average molecular weight is 343 g/mol. The van der Waals surface area contributed by atoms with Crippen molar-refractivity contribution in [1.82, 2.24) is 10.1 Å².